The monoisotopic (exact) mass is 395 g/mol. The van der Waals surface area contributed by atoms with Crippen molar-refractivity contribution >= 4 is 11.3 Å². The maximum atomic E-state index is 6.37. The Kier molecular flexibility index (Phi) is 4.50. The van der Waals surface area contributed by atoms with Crippen LogP contribution in [0.2, 0.25) is 0 Å². The van der Waals surface area contributed by atoms with E-state index in [0.717, 1.165) is 49.9 Å². The number of hydrogen-bond acceptors (Lipinski definition) is 5. The molecule has 5 rings (SSSR count). The van der Waals surface area contributed by atoms with Crippen molar-refractivity contribution in [3.8, 4) is 17.0 Å². The summed E-state index contributed by atoms with van der Waals surface area (Å²) in [7, 11) is 1.69. The summed E-state index contributed by atoms with van der Waals surface area (Å²) in [4.78, 5) is 9.96. The molecule has 2 aliphatic rings. The molecule has 1 spiro atoms. The lowest BCUT2D eigenvalue weighted by Crippen LogP contribution is -2.44. The summed E-state index contributed by atoms with van der Waals surface area (Å²) in [6.45, 7) is 6.70. The minimum atomic E-state index is -0.110. The molecule has 6 heteroatoms. The molecule has 1 fully saturated rings. The van der Waals surface area contributed by atoms with Crippen LogP contribution in [-0.2, 0) is 24.4 Å². The molecular formula is C22H25N3O2S. The fourth-order valence-electron chi connectivity index (χ4n) is 4.35. The molecule has 0 amide bonds. The molecule has 3 aromatic rings. The number of fused-ring (bicyclic) bond motifs is 1. The van der Waals surface area contributed by atoms with Crippen molar-refractivity contribution < 1.29 is 9.47 Å². The molecule has 0 unspecified atom stereocenters. The third kappa shape index (κ3) is 3.26. The minimum absolute atomic E-state index is 0.110. The molecule has 0 N–H and O–H groups in total. The van der Waals surface area contributed by atoms with Crippen molar-refractivity contribution in [1.82, 2.24) is 14.5 Å². The van der Waals surface area contributed by atoms with Gasteiger partial charge in [0.2, 0.25) is 0 Å². The summed E-state index contributed by atoms with van der Waals surface area (Å²) in [6.07, 6.45) is 3.04. The zero-order chi connectivity index (χ0) is 19.1. The first-order valence-electron chi connectivity index (χ1n) is 9.75. The summed E-state index contributed by atoms with van der Waals surface area (Å²) in [5, 5.41) is 0. The van der Waals surface area contributed by atoms with Crippen molar-refractivity contribution in [3.05, 3.63) is 58.2 Å². The number of imidazole rings is 1. The second-order valence-corrected chi connectivity index (χ2v) is 9.19. The summed E-state index contributed by atoms with van der Waals surface area (Å²) in [6, 6.07) is 12.7. The van der Waals surface area contributed by atoms with Gasteiger partial charge in [0.25, 0.3) is 0 Å². The van der Waals surface area contributed by atoms with Crippen molar-refractivity contribution in [2.24, 2.45) is 0 Å². The highest BCUT2D eigenvalue weighted by Gasteiger charge is 2.43. The molecule has 5 nitrogen and oxygen atoms in total. The van der Waals surface area contributed by atoms with Crippen molar-refractivity contribution in [3.63, 3.8) is 0 Å². The van der Waals surface area contributed by atoms with Gasteiger partial charge in [0, 0.05) is 35.0 Å². The van der Waals surface area contributed by atoms with Crippen LogP contribution in [0.3, 0.4) is 0 Å². The first-order valence-corrected chi connectivity index (χ1v) is 10.6. The molecule has 0 bridgehead atoms. The van der Waals surface area contributed by atoms with Crippen LogP contribution in [0, 0.1) is 6.92 Å². The normalized spacial score (nSPS) is 21.9. The van der Waals surface area contributed by atoms with Crippen LogP contribution in [0.5, 0.6) is 5.75 Å². The fraction of sp³-hybridized carbons (Fsp3) is 0.409. The van der Waals surface area contributed by atoms with Crippen molar-refractivity contribution in [1.29, 1.82) is 0 Å². The smallest absolute Gasteiger partial charge is 0.135 e. The number of thiophene rings is 1. The molecule has 28 heavy (non-hydrogen) atoms. The number of ether oxygens (including phenoxy) is 2. The van der Waals surface area contributed by atoms with Crippen LogP contribution in [-0.4, -0.2) is 40.3 Å². The van der Waals surface area contributed by atoms with E-state index in [1.807, 2.05) is 29.7 Å². The molecular weight excluding hydrogens is 370 g/mol. The molecule has 2 aromatic heterocycles. The molecule has 0 radical (unpaired) electrons. The maximum Gasteiger partial charge on any atom is 0.135 e. The van der Waals surface area contributed by atoms with Gasteiger partial charge in [-0.1, -0.05) is 0 Å². The molecule has 0 saturated carbocycles. The summed E-state index contributed by atoms with van der Waals surface area (Å²) in [5.41, 5.74) is 2.22. The number of methoxy groups -OCH3 is 1. The first-order chi connectivity index (χ1) is 13.6. The fourth-order valence-corrected chi connectivity index (χ4v) is 5.28. The predicted molar refractivity (Wildman–Crippen MR) is 111 cm³/mol. The quantitative estimate of drug-likeness (QED) is 0.667. The van der Waals surface area contributed by atoms with Gasteiger partial charge in [-0.15, -0.1) is 11.3 Å². The standard InChI is InChI=1S/C22H25N3O2S/c1-16-3-8-19(28-16)12-24-10-9-22(14-24)15-25-20(11-23-21(25)13-27-22)17-4-6-18(26-2)7-5-17/h3-8,11H,9-10,12-15H2,1-2H3/t22-/m1/s1. The van der Waals surface area contributed by atoms with E-state index in [0.29, 0.717) is 6.61 Å². The zero-order valence-corrected chi connectivity index (χ0v) is 17.2. The van der Waals surface area contributed by atoms with Crippen LogP contribution in [0.25, 0.3) is 11.3 Å². The van der Waals surface area contributed by atoms with Gasteiger partial charge in [-0.25, -0.2) is 4.98 Å². The molecule has 4 heterocycles. The zero-order valence-electron chi connectivity index (χ0n) is 16.4. The van der Waals surface area contributed by atoms with Gasteiger partial charge in [-0.05, 0) is 49.7 Å². The second-order valence-electron chi connectivity index (χ2n) is 7.82. The van der Waals surface area contributed by atoms with Crippen LogP contribution in [0.4, 0.5) is 0 Å². The van der Waals surface area contributed by atoms with Crippen LogP contribution < -0.4 is 4.74 Å². The molecule has 0 aliphatic carbocycles. The van der Waals surface area contributed by atoms with E-state index in [1.54, 1.807) is 7.11 Å². The van der Waals surface area contributed by atoms with E-state index < -0.39 is 0 Å². The molecule has 1 saturated heterocycles. The Morgan fingerprint density at radius 1 is 1.18 bits per heavy atom. The Morgan fingerprint density at radius 2 is 2.04 bits per heavy atom. The molecule has 1 atom stereocenters. The van der Waals surface area contributed by atoms with E-state index in [-0.39, 0.29) is 5.60 Å². The highest BCUT2D eigenvalue weighted by Crippen LogP contribution is 2.36. The first kappa shape index (κ1) is 17.9. The number of rotatable bonds is 4. The Labute approximate surface area is 169 Å². The van der Waals surface area contributed by atoms with E-state index in [2.05, 4.69) is 45.6 Å². The summed E-state index contributed by atoms with van der Waals surface area (Å²) < 4.78 is 14.0. The van der Waals surface area contributed by atoms with Gasteiger partial charge in [0.05, 0.1) is 25.5 Å². The van der Waals surface area contributed by atoms with Gasteiger partial charge < -0.3 is 14.0 Å². The lowest BCUT2D eigenvalue weighted by atomic mass is 10.0. The Bertz CT molecular complexity index is 978. The van der Waals surface area contributed by atoms with Gasteiger partial charge in [0.15, 0.2) is 0 Å². The van der Waals surface area contributed by atoms with Crippen LogP contribution in [0.1, 0.15) is 22.0 Å². The topological polar surface area (TPSA) is 39.5 Å². The average molecular weight is 396 g/mol. The molecule has 146 valence electrons. The number of likely N-dealkylation sites (tertiary alicyclic amines) is 1. The number of hydrogen-bond donors (Lipinski definition) is 0. The second kappa shape index (κ2) is 7.03. The summed E-state index contributed by atoms with van der Waals surface area (Å²) >= 11 is 1.89. The van der Waals surface area contributed by atoms with E-state index in [9.17, 15) is 0 Å². The SMILES string of the molecule is COc1ccc(-c2cnc3n2C[C@]2(CCN(Cc4ccc(C)s4)C2)OC3)cc1. The maximum absolute atomic E-state index is 6.37. The highest BCUT2D eigenvalue weighted by molar-refractivity contribution is 7.11. The average Bonchev–Trinajstić information content (AvgIpc) is 3.42. The van der Waals surface area contributed by atoms with Gasteiger partial charge in [-0.3, -0.25) is 4.90 Å². The third-order valence-electron chi connectivity index (χ3n) is 5.85. The molecule has 1 aromatic carbocycles. The van der Waals surface area contributed by atoms with E-state index in [1.165, 1.54) is 15.3 Å². The Morgan fingerprint density at radius 3 is 2.79 bits per heavy atom. The summed E-state index contributed by atoms with van der Waals surface area (Å²) in [5.74, 6) is 1.89. The van der Waals surface area contributed by atoms with Gasteiger partial charge >= 0.3 is 0 Å². The largest absolute Gasteiger partial charge is 0.497 e. The third-order valence-corrected chi connectivity index (χ3v) is 6.83. The predicted octanol–water partition coefficient (Wildman–Crippen LogP) is 4.10. The van der Waals surface area contributed by atoms with Gasteiger partial charge in [0.1, 0.15) is 23.8 Å². The van der Waals surface area contributed by atoms with Crippen LogP contribution in [0.15, 0.2) is 42.6 Å². The number of aryl methyl sites for hydroxylation is 1. The highest BCUT2D eigenvalue weighted by atomic mass is 32.1. The Hall–Kier alpha value is -2.15. The lowest BCUT2D eigenvalue weighted by Gasteiger charge is -2.35. The van der Waals surface area contributed by atoms with Crippen molar-refractivity contribution in [2.75, 3.05) is 20.2 Å². The van der Waals surface area contributed by atoms with Crippen molar-refractivity contribution in [2.45, 2.75) is 38.6 Å². The lowest BCUT2D eigenvalue weighted by molar-refractivity contribution is -0.0821. The van der Waals surface area contributed by atoms with Gasteiger partial charge in [-0.2, -0.15) is 0 Å². The number of nitrogens with zero attached hydrogens (tertiary/aromatic N) is 3. The minimum Gasteiger partial charge on any atom is -0.497 e. The van der Waals surface area contributed by atoms with E-state index in [4.69, 9.17) is 9.47 Å². The molecule has 2 aliphatic heterocycles. The number of aromatic nitrogens is 2. The Balaban J connectivity index is 1.35. The van der Waals surface area contributed by atoms with Crippen LogP contribution >= 0.6 is 11.3 Å². The van der Waals surface area contributed by atoms with E-state index >= 15 is 0 Å². The number of benzene rings is 1.